The molecule has 29 heavy (non-hydrogen) atoms. The number of hydrogen-bond donors (Lipinski definition) is 0. The maximum atomic E-state index is 12.7. The SMILES string of the molecule is COC(=O)Cc1cccc(OCc2sc(-c3ccc(C(F)(F)F)cc3)nc2C)c1. The molecule has 0 atom stereocenters. The van der Waals surface area contributed by atoms with Crippen LogP contribution in [0.5, 0.6) is 5.75 Å². The van der Waals surface area contributed by atoms with Crippen molar-refractivity contribution in [3.8, 4) is 16.3 Å². The van der Waals surface area contributed by atoms with Crippen LogP contribution in [-0.2, 0) is 28.7 Å². The number of methoxy groups -OCH3 is 1. The van der Waals surface area contributed by atoms with E-state index in [2.05, 4.69) is 9.72 Å². The first-order valence-electron chi connectivity index (χ1n) is 8.69. The number of nitrogens with zero attached hydrogens (tertiary/aromatic N) is 1. The summed E-state index contributed by atoms with van der Waals surface area (Å²) in [6.45, 7) is 2.10. The molecule has 0 aliphatic rings. The quantitative estimate of drug-likeness (QED) is 0.498. The topological polar surface area (TPSA) is 48.4 Å². The van der Waals surface area contributed by atoms with Crippen LogP contribution in [0.3, 0.4) is 0 Å². The molecule has 0 fully saturated rings. The van der Waals surface area contributed by atoms with E-state index in [1.807, 2.05) is 13.0 Å². The Morgan fingerprint density at radius 2 is 1.86 bits per heavy atom. The molecule has 1 aromatic heterocycles. The summed E-state index contributed by atoms with van der Waals surface area (Å²) in [5, 5.41) is 0.634. The summed E-state index contributed by atoms with van der Waals surface area (Å²) in [5.41, 5.74) is 1.47. The van der Waals surface area contributed by atoms with Crippen LogP contribution in [0.4, 0.5) is 13.2 Å². The summed E-state index contributed by atoms with van der Waals surface area (Å²) < 4.78 is 48.6. The van der Waals surface area contributed by atoms with E-state index in [1.54, 1.807) is 18.2 Å². The lowest BCUT2D eigenvalue weighted by Gasteiger charge is -2.07. The molecule has 0 radical (unpaired) electrons. The molecular formula is C21H18F3NO3S. The van der Waals surface area contributed by atoms with Crippen LogP contribution in [0.2, 0.25) is 0 Å². The Hall–Kier alpha value is -2.87. The molecule has 0 amide bonds. The highest BCUT2D eigenvalue weighted by Gasteiger charge is 2.30. The lowest BCUT2D eigenvalue weighted by molar-refractivity contribution is -0.140. The number of thiazole rings is 1. The molecule has 0 N–H and O–H groups in total. The Kier molecular flexibility index (Phi) is 6.22. The number of rotatable bonds is 6. The summed E-state index contributed by atoms with van der Waals surface area (Å²) in [6.07, 6.45) is -4.20. The third-order valence-corrected chi connectivity index (χ3v) is 5.38. The number of aromatic nitrogens is 1. The fourth-order valence-corrected chi connectivity index (χ4v) is 3.60. The van der Waals surface area contributed by atoms with E-state index in [1.165, 1.54) is 30.6 Å². The summed E-state index contributed by atoms with van der Waals surface area (Å²) in [4.78, 5) is 16.7. The number of hydrogen-bond acceptors (Lipinski definition) is 5. The average Bonchev–Trinajstić information content (AvgIpc) is 3.06. The van der Waals surface area contributed by atoms with Crippen LogP contribution in [0.1, 0.15) is 21.7 Å². The van der Waals surface area contributed by atoms with Crippen molar-refractivity contribution in [1.82, 2.24) is 4.98 Å². The van der Waals surface area contributed by atoms with E-state index in [0.29, 0.717) is 16.3 Å². The Labute approximate surface area is 169 Å². The van der Waals surface area contributed by atoms with Crippen molar-refractivity contribution in [3.63, 3.8) is 0 Å². The molecule has 3 aromatic rings. The number of carbonyl (C=O) groups is 1. The van der Waals surface area contributed by atoms with Gasteiger partial charge in [0.25, 0.3) is 0 Å². The average molecular weight is 421 g/mol. The monoisotopic (exact) mass is 421 g/mol. The minimum Gasteiger partial charge on any atom is -0.488 e. The Bertz CT molecular complexity index is 997. The van der Waals surface area contributed by atoms with Crippen molar-refractivity contribution in [2.24, 2.45) is 0 Å². The summed E-state index contributed by atoms with van der Waals surface area (Å²) in [5.74, 6) is 0.275. The first kappa shape index (κ1) is 20.9. The van der Waals surface area contributed by atoms with E-state index in [9.17, 15) is 18.0 Å². The normalized spacial score (nSPS) is 11.3. The standard InChI is InChI=1S/C21H18F3NO3S/c1-13-18(12-28-17-5-3-4-14(10-17)11-19(26)27-2)29-20(25-13)15-6-8-16(9-7-15)21(22,23)24/h3-10H,11-12H2,1-2H3. The molecule has 8 heteroatoms. The van der Waals surface area contributed by atoms with E-state index in [-0.39, 0.29) is 19.0 Å². The second-order valence-corrected chi connectivity index (χ2v) is 7.38. The second kappa shape index (κ2) is 8.65. The minimum atomic E-state index is -4.36. The number of carbonyl (C=O) groups excluding carboxylic acids is 1. The van der Waals surface area contributed by atoms with Crippen LogP contribution >= 0.6 is 11.3 Å². The van der Waals surface area contributed by atoms with Crippen molar-refractivity contribution in [3.05, 3.63) is 70.2 Å². The lowest BCUT2D eigenvalue weighted by atomic mass is 10.1. The molecule has 0 saturated carbocycles. The van der Waals surface area contributed by atoms with Crippen LogP contribution in [0, 0.1) is 6.92 Å². The highest BCUT2D eigenvalue weighted by molar-refractivity contribution is 7.15. The molecule has 2 aromatic carbocycles. The number of esters is 1. The number of ether oxygens (including phenoxy) is 2. The number of aryl methyl sites for hydroxylation is 1. The zero-order valence-electron chi connectivity index (χ0n) is 15.7. The molecule has 0 bridgehead atoms. The zero-order valence-corrected chi connectivity index (χ0v) is 16.6. The maximum Gasteiger partial charge on any atom is 0.416 e. The van der Waals surface area contributed by atoms with Crippen LogP contribution in [-0.4, -0.2) is 18.1 Å². The number of alkyl halides is 3. The minimum absolute atomic E-state index is 0.158. The predicted molar refractivity (Wildman–Crippen MR) is 104 cm³/mol. The van der Waals surface area contributed by atoms with Crippen molar-refractivity contribution in [1.29, 1.82) is 0 Å². The van der Waals surface area contributed by atoms with Gasteiger partial charge in [-0.05, 0) is 36.8 Å². The van der Waals surface area contributed by atoms with Gasteiger partial charge in [-0.2, -0.15) is 13.2 Å². The molecule has 152 valence electrons. The Morgan fingerprint density at radius 3 is 2.52 bits per heavy atom. The van der Waals surface area contributed by atoms with E-state index >= 15 is 0 Å². The number of halogens is 3. The van der Waals surface area contributed by atoms with Gasteiger partial charge in [0.2, 0.25) is 0 Å². The predicted octanol–water partition coefficient (Wildman–Crippen LogP) is 5.43. The summed E-state index contributed by atoms with van der Waals surface area (Å²) >= 11 is 1.37. The molecule has 0 saturated heterocycles. The van der Waals surface area contributed by atoms with E-state index in [0.717, 1.165) is 28.3 Å². The van der Waals surface area contributed by atoms with Crippen LogP contribution in [0.25, 0.3) is 10.6 Å². The lowest BCUT2D eigenvalue weighted by Crippen LogP contribution is -2.04. The van der Waals surface area contributed by atoms with Gasteiger partial charge in [0.05, 0.1) is 29.7 Å². The van der Waals surface area contributed by atoms with Gasteiger partial charge in [0, 0.05) is 5.56 Å². The number of benzene rings is 2. The van der Waals surface area contributed by atoms with Gasteiger partial charge < -0.3 is 9.47 Å². The maximum absolute atomic E-state index is 12.7. The van der Waals surface area contributed by atoms with Gasteiger partial charge in [-0.1, -0.05) is 24.3 Å². The van der Waals surface area contributed by atoms with Gasteiger partial charge >= 0.3 is 12.1 Å². The van der Waals surface area contributed by atoms with Crippen molar-refractivity contribution >= 4 is 17.3 Å². The first-order chi connectivity index (χ1) is 13.8. The van der Waals surface area contributed by atoms with E-state index in [4.69, 9.17) is 4.74 Å². The molecule has 0 unspecified atom stereocenters. The Morgan fingerprint density at radius 1 is 1.14 bits per heavy atom. The molecule has 0 aliphatic heterocycles. The van der Waals surface area contributed by atoms with Crippen molar-refractivity contribution < 1.29 is 27.4 Å². The third kappa shape index (κ3) is 5.35. The summed E-state index contributed by atoms with van der Waals surface area (Å²) in [6, 6.07) is 12.1. The third-order valence-electron chi connectivity index (χ3n) is 4.20. The molecule has 0 aliphatic carbocycles. The fraction of sp³-hybridized carbons (Fsp3) is 0.238. The van der Waals surface area contributed by atoms with Crippen LogP contribution in [0.15, 0.2) is 48.5 Å². The molecule has 1 heterocycles. The Balaban J connectivity index is 1.70. The van der Waals surface area contributed by atoms with Gasteiger partial charge in [0.15, 0.2) is 0 Å². The highest BCUT2D eigenvalue weighted by Crippen LogP contribution is 2.33. The fourth-order valence-electron chi connectivity index (χ4n) is 2.62. The first-order valence-corrected chi connectivity index (χ1v) is 9.50. The van der Waals surface area contributed by atoms with Gasteiger partial charge in [-0.25, -0.2) is 4.98 Å². The van der Waals surface area contributed by atoms with Gasteiger partial charge in [0.1, 0.15) is 17.4 Å². The van der Waals surface area contributed by atoms with E-state index < -0.39 is 11.7 Å². The van der Waals surface area contributed by atoms with Gasteiger partial charge in [-0.15, -0.1) is 11.3 Å². The largest absolute Gasteiger partial charge is 0.488 e. The molecule has 4 nitrogen and oxygen atoms in total. The second-order valence-electron chi connectivity index (χ2n) is 6.29. The molecule has 3 rings (SSSR count). The van der Waals surface area contributed by atoms with Crippen molar-refractivity contribution in [2.75, 3.05) is 7.11 Å². The van der Waals surface area contributed by atoms with Gasteiger partial charge in [-0.3, -0.25) is 4.79 Å². The van der Waals surface area contributed by atoms with Crippen molar-refractivity contribution in [2.45, 2.75) is 26.1 Å². The zero-order chi connectivity index (χ0) is 21.0. The summed E-state index contributed by atoms with van der Waals surface area (Å²) in [7, 11) is 1.34. The van der Waals surface area contributed by atoms with Crippen LogP contribution < -0.4 is 4.74 Å². The highest BCUT2D eigenvalue weighted by atomic mass is 32.1. The smallest absolute Gasteiger partial charge is 0.416 e. The molecule has 0 spiro atoms. The molecular weight excluding hydrogens is 403 g/mol.